The first-order chi connectivity index (χ1) is 6.59. The Hall–Kier alpha value is -0.550. The van der Waals surface area contributed by atoms with Crippen molar-refractivity contribution in [2.75, 3.05) is 0 Å². The van der Waals surface area contributed by atoms with Gasteiger partial charge in [-0.05, 0) is 22.0 Å². The third-order valence-electron chi connectivity index (χ3n) is 1.53. The minimum Gasteiger partial charge on any atom is -0.481 e. The summed E-state index contributed by atoms with van der Waals surface area (Å²) >= 11 is 4.89. The summed E-state index contributed by atoms with van der Waals surface area (Å²) in [5, 5.41) is 8.66. The summed E-state index contributed by atoms with van der Waals surface area (Å²) in [6.45, 7) is 1.89. The molecule has 0 aliphatic carbocycles. The molecule has 1 N–H and O–H groups in total. The van der Waals surface area contributed by atoms with Crippen molar-refractivity contribution in [2.24, 2.45) is 0 Å². The zero-order valence-electron chi connectivity index (χ0n) is 7.61. The molecule has 1 unspecified atom stereocenters. The number of pyridine rings is 1. The number of hydrogen-bond donors (Lipinski definition) is 1. The monoisotopic (exact) mass is 275 g/mol. The van der Waals surface area contributed by atoms with Crippen molar-refractivity contribution in [3.63, 3.8) is 0 Å². The smallest absolute Gasteiger partial charge is 0.304 e. The number of aromatic nitrogens is 1. The van der Waals surface area contributed by atoms with E-state index in [9.17, 15) is 4.79 Å². The molecule has 0 aliphatic heterocycles. The molecule has 0 fully saturated rings. The van der Waals surface area contributed by atoms with E-state index in [-0.39, 0.29) is 11.7 Å². The summed E-state index contributed by atoms with van der Waals surface area (Å²) in [5.41, 5.74) is 0. The van der Waals surface area contributed by atoms with Gasteiger partial charge in [0.2, 0.25) is 0 Å². The maximum atomic E-state index is 10.4. The molecule has 0 bridgehead atoms. The fourth-order valence-electron chi connectivity index (χ4n) is 0.962. The lowest BCUT2D eigenvalue weighted by Gasteiger charge is -2.08. The highest BCUT2D eigenvalue weighted by Gasteiger charge is 2.10. The van der Waals surface area contributed by atoms with Gasteiger partial charge in [0.05, 0.1) is 6.42 Å². The highest BCUT2D eigenvalue weighted by atomic mass is 79.9. The van der Waals surface area contributed by atoms with Crippen LogP contribution in [0.1, 0.15) is 13.3 Å². The molecule has 5 heteroatoms. The minimum absolute atomic E-state index is 0.0613. The minimum atomic E-state index is -0.768. The van der Waals surface area contributed by atoms with E-state index < -0.39 is 5.97 Å². The quantitative estimate of drug-likeness (QED) is 0.859. The molecule has 0 radical (unpaired) electrons. The van der Waals surface area contributed by atoms with Crippen molar-refractivity contribution in [3.8, 4) is 0 Å². The van der Waals surface area contributed by atoms with Crippen molar-refractivity contribution in [1.82, 2.24) is 4.98 Å². The van der Waals surface area contributed by atoms with E-state index in [1.165, 1.54) is 11.8 Å². The third kappa shape index (κ3) is 3.67. The first kappa shape index (κ1) is 11.5. The summed E-state index contributed by atoms with van der Waals surface area (Å²) < 4.78 is 0.905. The molecule has 1 aromatic rings. The predicted molar refractivity (Wildman–Crippen MR) is 59.5 cm³/mol. The Kier molecular flexibility index (Phi) is 4.41. The second-order valence-electron chi connectivity index (χ2n) is 2.83. The van der Waals surface area contributed by atoms with Gasteiger partial charge in [-0.3, -0.25) is 9.78 Å². The van der Waals surface area contributed by atoms with Gasteiger partial charge in [-0.15, -0.1) is 11.8 Å². The highest BCUT2D eigenvalue weighted by molar-refractivity contribution is 9.10. The van der Waals surface area contributed by atoms with Gasteiger partial charge < -0.3 is 5.11 Å². The zero-order chi connectivity index (χ0) is 10.6. The predicted octanol–water partition coefficient (Wildman–Crippen LogP) is 2.80. The Labute approximate surface area is 95.1 Å². The number of thioether (sulfide) groups is 1. The van der Waals surface area contributed by atoms with E-state index >= 15 is 0 Å². The molecule has 0 saturated carbocycles. The molecule has 14 heavy (non-hydrogen) atoms. The molecule has 0 aliphatic rings. The van der Waals surface area contributed by atoms with Crippen LogP contribution in [0.2, 0.25) is 0 Å². The van der Waals surface area contributed by atoms with E-state index in [0.29, 0.717) is 0 Å². The average molecular weight is 276 g/mol. The van der Waals surface area contributed by atoms with Gasteiger partial charge in [-0.1, -0.05) is 6.92 Å². The van der Waals surface area contributed by atoms with Gasteiger partial charge in [0.1, 0.15) is 0 Å². The fraction of sp³-hybridized carbons (Fsp3) is 0.333. The van der Waals surface area contributed by atoms with Crippen LogP contribution in [0, 0.1) is 0 Å². The van der Waals surface area contributed by atoms with Crippen molar-refractivity contribution in [2.45, 2.75) is 23.5 Å². The van der Waals surface area contributed by atoms with E-state index in [1.54, 1.807) is 12.4 Å². The first-order valence-corrected chi connectivity index (χ1v) is 5.75. The number of nitrogens with zero attached hydrogens (tertiary/aromatic N) is 1. The number of halogens is 1. The summed E-state index contributed by atoms with van der Waals surface area (Å²) in [7, 11) is 0. The maximum absolute atomic E-state index is 10.4. The summed E-state index contributed by atoms with van der Waals surface area (Å²) in [6, 6.07) is 1.87. The lowest BCUT2D eigenvalue weighted by atomic mass is 10.3. The van der Waals surface area contributed by atoms with Gasteiger partial charge >= 0.3 is 5.97 Å². The molecule has 1 atom stereocenters. The molecule has 76 valence electrons. The third-order valence-corrected chi connectivity index (χ3v) is 3.60. The Balaban J connectivity index is 2.60. The molecule has 1 heterocycles. The largest absolute Gasteiger partial charge is 0.481 e. The molecule has 3 nitrogen and oxygen atoms in total. The topological polar surface area (TPSA) is 50.2 Å². The molecule has 0 saturated heterocycles. The van der Waals surface area contributed by atoms with Gasteiger partial charge in [-0.25, -0.2) is 0 Å². The van der Waals surface area contributed by atoms with Gasteiger partial charge in [0.25, 0.3) is 0 Å². The van der Waals surface area contributed by atoms with Crippen molar-refractivity contribution >= 4 is 33.7 Å². The molecule has 1 aromatic heterocycles. The highest BCUT2D eigenvalue weighted by Crippen LogP contribution is 2.30. The van der Waals surface area contributed by atoms with Crippen LogP contribution in [0.15, 0.2) is 27.8 Å². The van der Waals surface area contributed by atoms with Gasteiger partial charge in [-0.2, -0.15) is 0 Å². The van der Waals surface area contributed by atoms with Crippen LogP contribution in [0.25, 0.3) is 0 Å². The Bertz CT molecular complexity index is 332. The lowest BCUT2D eigenvalue weighted by Crippen LogP contribution is -2.05. The summed E-state index contributed by atoms with van der Waals surface area (Å²) in [5.74, 6) is -0.768. The second-order valence-corrected chi connectivity index (χ2v) is 5.17. The van der Waals surface area contributed by atoms with Gasteiger partial charge in [0.15, 0.2) is 0 Å². The van der Waals surface area contributed by atoms with Gasteiger partial charge in [0, 0.05) is 27.0 Å². The Morgan fingerprint density at radius 1 is 1.79 bits per heavy atom. The van der Waals surface area contributed by atoms with E-state index in [4.69, 9.17) is 5.11 Å². The molecule has 0 aromatic carbocycles. The van der Waals surface area contributed by atoms with Crippen LogP contribution in [0.3, 0.4) is 0 Å². The fourth-order valence-corrected chi connectivity index (χ4v) is 2.46. The van der Waals surface area contributed by atoms with Crippen LogP contribution in [0.5, 0.6) is 0 Å². The van der Waals surface area contributed by atoms with Crippen molar-refractivity contribution < 1.29 is 9.90 Å². The van der Waals surface area contributed by atoms with Crippen LogP contribution in [0.4, 0.5) is 0 Å². The van der Waals surface area contributed by atoms with Crippen molar-refractivity contribution in [1.29, 1.82) is 0 Å². The van der Waals surface area contributed by atoms with E-state index in [2.05, 4.69) is 20.9 Å². The lowest BCUT2D eigenvalue weighted by molar-refractivity contribution is -0.136. The SMILES string of the molecule is CC(CC(=O)O)Sc1ccncc1Br. The van der Waals surface area contributed by atoms with Crippen LogP contribution in [-0.2, 0) is 4.79 Å². The molecular weight excluding hydrogens is 266 g/mol. The average Bonchev–Trinajstić information content (AvgIpc) is 2.07. The number of carboxylic acids is 1. The van der Waals surface area contributed by atoms with Crippen LogP contribution < -0.4 is 0 Å². The van der Waals surface area contributed by atoms with Crippen LogP contribution in [-0.4, -0.2) is 21.3 Å². The summed E-state index contributed by atoms with van der Waals surface area (Å²) in [4.78, 5) is 15.4. The first-order valence-electron chi connectivity index (χ1n) is 4.07. The van der Waals surface area contributed by atoms with Crippen molar-refractivity contribution in [3.05, 3.63) is 22.9 Å². The Morgan fingerprint density at radius 3 is 3.07 bits per heavy atom. The molecule has 0 spiro atoms. The zero-order valence-corrected chi connectivity index (χ0v) is 10.0. The number of carbonyl (C=O) groups is 1. The van der Waals surface area contributed by atoms with E-state index in [0.717, 1.165) is 9.37 Å². The number of carboxylic acid groups (broad SMARTS) is 1. The normalized spacial score (nSPS) is 12.4. The Morgan fingerprint density at radius 2 is 2.50 bits per heavy atom. The molecule has 1 rings (SSSR count). The maximum Gasteiger partial charge on any atom is 0.304 e. The number of hydrogen-bond acceptors (Lipinski definition) is 3. The number of aliphatic carboxylic acids is 1. The summed E-state index contributed by atoms with van der Waals surface area (Å²) in [6.07, 6.45) is 3.57. The molecular formula is C9H10BrNO2S. The second kappa shape index (κ2) is 5.36. The van der Waals surface area contributed by atoms with Crippen LogP contribution >= 0.6 is 27.7 Å². The number of rotatable bonds is 4. The standard InChI is InChI=1S/C9H10BrNO2S/c1-6(4-9(12)13)14-8-2-3-11-5-7(8)10/h2-3,5-6H,4H2,1H3,(H,12,13). The molecule has 0 amide bonds. The van der Waals surface area contributed by atoms with E-state index in [1.807, 2.05) is 13.0 Å².